The molecule has 0 N–H and O–H groups in total. The summed E-state index contributed by atoms with van der Waals surface area (Å²) in [5.41, 5.74) is 1.71. The highest BCUT2D eigenvalue weighted by molar-refractivity contribution is 5.51. The Morgan fingerprint density at radius 2 is 2.07 bits per heavy atom. The number of halogens is 1. The summed E-state index contributed by atoms with van der Waals surface area (Å²) in [7, 11) is 0. The maximum absolute atomic E-state index is 13.5. The van der Waals surface area contributed by atoms with E-state index in [9.17, 15) is 4.39 Å². The fourth-order valence-corrected chi connectivity index (χ4v) is 4.12. The third kappa shape index (κ3) is 4.48. The average molecular weight is 410 g/mol. The molecule has 158 valence electrons. The minimum Gasteiger partial charge on any atom is -0.338 e. The van der Waals surface area contributed by atoms with Crippen molar-refractivity contribution in [2.45, 2.75) is 39.3 Å². The predicted octanol–water partition coefficient (Wildman–Crippen LogP) is 3.04. The van der Waals surface area contributed by atoms with Crippen molar-refractivity contribution in [3.8, 4) is 11.5 Å². The third-order valence-corrected chi connectivity index (χ3v) is 5.71. The van der Waals surface area contributed by atoms with Crippen LogP contribution in [0.3, 0.4) is 0 Å². The lowest BCUT2D eigenvalue weighted by atomic mass is 10.1. The summed E-state index contributed by atoms with van der Waals surface area (Å²) in [6.45, 7) is 9.08. The molecule has 0 saturated carbocycles. The van der Waals surface area contributed by atoms with Gasteiger partial charge in [0.2, 0.25) is 5.95 Å². The van der Waals surface area contributed by atoms with Gasteiger partial charge in [0.1, 0.15) is 11.5 Å². The predicted molar refractivity (Wildman–Crippen MR) is 115 cm³/mol. The summed E-state index contributed by atoms with van der Waals surface area (Å²) in [6.07, 6.45) is 6.68. The lowest BCUT2D eigenvalue weighted by molar-refractivity contribution is 0.198. The van der Waals surface area contributed by atoms with Gasteiger partial charge in [0.15, 0.2) is 5.82 Å². The Kier molecular flexibility index (Phi) is 6.32. The maximum atomic E-state index is 13.5. The smallest absolute Gasteiger partial charge is 0.227 e. The summed E-state index contributed by atoms with van der Waals surface area (Å²) in [5, 5.41) is 8.99. The van der Waals surface area contributed by atoms with Crippen molar-refractivity contribution < 1.29 is 4.39 Å². The summed E-state index contributed by atoms with van der Waals surface area (Å²) in [5.74, 6) is 1.40. The second-order valence-corrected chi connectivity index (χ2v) is 7.72. The Morgan fingerprint density at radius 1 is 1.17 bits per heavy atom. The van der Waals surface area contributed by atoms with Crippen LogP contribution in [0.1, 0.15) is 25.8 Å². The van der Waals surface area contributed by atoms with Crippen LogP contribution in [0.4, 0.5) is 10.3 Å². The van der Waals surface area contributed by atoms with E-state index in [1.807, 2.05) is 6.07 Å². The van der Waals surface area contributed by atoms with Gasteiger partial charge in [-0.1, -0.05) is 19.1 Å². The monoisotopic (exact) mass is 409 g/mol. The second kappa shape index (κ2) is 9.30. The molecular formula is C22H28FN7. The van der Waals surface area contributed by atoms with Gasteiger partial charge in [-0.2, -0.15) is 0 Å². The molecule has 0 spiro atoms. The van der Waals surface area contributed by atoms with Crippen LogP contribution >= 0.6 is 0 Å². The number of likely N-dealkylation sites (N-methyl/N-ethyl adjacent to an activating group) is 1. The minimum absolute atomic E-state index is 0.194. The van der Waals surface area contributed by atoms with Crippen LogP contribution in [0.25, 0.3) is 11.5 Å². The van der Waals surface area contributed by atoms with E-state index < -0.39 is 0 Å². The molecular weight excluding hydrogens is 381 g/mol. The first-order valence-electron chi connectivity index (χ1n) is 10.6. The van der Waals surface area contributed by atoms with Crippen LogP contribution in [0, 0.1) is 5.82 Å². The molecule has 3 heterocycles. The molecule has 30 heavy (non-hydrogen) atoms. The van der Waals surface area contributed by atoms with Gasteiger partial charge in [-0.05, 0) is 44.0 Å². The molecule has 1 atom stereocenters. The molecule has 7 nitrogen and oxygen atoms in total. The molecule has 0 bridgehead atoms. The number of aromatic nitrogens is 5. The van der Waals surface area contributed by atoms with Crippen molar-refractivity contribution >= 4 is 5.95 Å². The Hall–Kier alpha value is -2.87. The maximum Gasteiger partial charge on any atom is 0.227 e. The van der Waals surface area contributed by atoms with Gasteiger partial charge in [-0.15, -0.1) is 10.2 Å². The average Bonchev–Trinajstić information content (AvgIpc) is 3.18. The van der Waals surface area contributed by atoms with E-state index in [1.165, 1.54) is 6.07 Å². The van der Waals surface area contributed by atoms with Crippen LogP contribution in [-0.4, -0.2) is 61.9 Å². The lowest BCUT2D eigenvalue weighted by Crippen LogP contribution is -2.52. The highest BCUT2D eigenvalue weighted by atomic mass is 19.1. The number of nitrogens with zero attached hydrogens (tertiary/aromatic N) is 7. The summed E-state index contributed by atoms with van der Waals surface area (Å²) >= 11 is 0. The Labute approximate surface area is 176 Å². The first-order chi connectivity index (χ1) is 14.7. The standard InChI is InChI=1S/C22H28FN7/c1-3-28-12-13-29(16-17(28)2)22-27-26-21(20-15-24-9-10-25-20)30(22)11-5-7-18-6-4-8-19(23)14-18/h4,6,8-10,14-15,17H,3,5,7,11-13,16H2,1-2H3. The Morgan fingerprint density at radius 3 is 2.80 bits per heavy atom. The van der Waals surface area contributed by atoms with Crippen molar-refractivity contribution in [3.05, 3.63) is 54.2 Å². The number of hydrogen-bond acceptors (Lipinski definition) is 6. The minimum atomic E-state index is -0.194. The molecule has 2 aromatic heterocycles. The van der Waals surface area contributed by atoms with E-state index >= 15 is 0 Å². The zero-order valence-corrected chi connectivity index (χ0v) is 17.6. The van der Waals surface area contributed by atoms with Gasteiger partial charge in [0.25, 0.3) is 0 Å². The van der Waals surface area contributed by atoms with Gasteiger partial charge >= 0.3 is 0 Å². The third-order valence-electron chi connectivity index (χ3n) is 5.71. The highest BCUT2D eigenvalue weighted by Crippen LogP contribution is 2.24. The fourth-order valence-electron chi connectivity index (χ4n) is 4.12. The van der Waals surface area contributed by atoms with Crippen LogP contribution < -0.4 is 4.90 Å². The van der Waals surface area contributed by atoms with E-state index in [2.05, 4.69) is 48.4 Å². The first-order valence-corrected chi connectivity index (χ1v) is 10.6. The van der Waals surface area contributed by atoms with E-state index in [0.717, 1.165) is 62.9 Å². The van der Waals surface area contributed by atoms with Crippen molar-refractivity contribution in [3.63, 3.8) is 0 Å². The van der Waals surface area contributed by atoms with Gasteiger partial charge in [-0.3, -0.25) is 14.5 Å². The van der Waals surface area contributed by atoms with Gasteiger partial charge in [0, 0.05) is 44.6 Å². The normalized spacial score (nSPS) is 17.4. The molecule has 1 aliphatic heterocycles. The molecule has 0 amide bonds. The summed E-state index contributed by atoms with van der Waals surface area (Å²) < 4.78 is 15.6. The largest absolute Gasteiger partial charge is 0.338 e. The number of aryl methyl sites for hydroxylation is 1. The van der Waals surface area contributed by atoms with Crippen molar-refractivity contribution in [2.75, 3.05) is 31.1 Å². The van der Waals surface area contributed by atoms with Crippen molar-refractivity contribution in [1.29, 1.82) is 0 Å². The van der Waals surface area contributed by atoms with Crippen LogP contribution in [-0.2, 0) is 13.0 Å². The second-order valence-electron chi connectivity index (χ2n) is 7.72. The van der Waals surface area contributed by atoms with Crippen molar-refractivity contribution in [2.24, 2.45) is 0 Å². The quantitative estimate of drug-likeness (QED) is 0.598. The Bertz CT molecular complexity index is 959. The fraction of sp³-hybridized carbons (Fsp3) is 0.455. The molecule has 0 aliphatic carbocycles. The lowest BCUT2D eigenvalue weighted by Gasteiger charge is -2.39. The van der Waals surface area contributed by atoms with E-state index in [1.54, 1.807) is 30.7 Å². The highest BCUT2D eigenvalue weighted by Gasteiger charge is 2.27. The molecule has 3 aromatic rings. The molecule has 1 fully saturated rings. The summed E-state index contributed by atoms with van der Waals surface area (Å²) in [6, 6.07) is 7.26. The number of hydrogen-bond donors (Lipinski definition) is 0. The molecule has 4 rings (SSSR count). The van der Waals surface area contributed by atoms with E-state index in [0.29, 0.717) is 11.7 Å². The Balaban J connectivity index is 1.56. The van der Waals surface area contributed by atoms with Gasteiger partial charge in [-0.25, -0.2) is 9.37 Å². The molecule has 1 aliphatic rings. The van der Waals surface area contributed by atoms with Gasteiger partial charge in [0.05, 0.1) is 6.20 Å². The molecule has 1 unspecified atom stereocenters. The van der Waals surface area contributed by atoms with Crippen LogP contribution in [0.5, 0.6) is 0 Å². The van der Waals surface area contributed by atoms with Gasteiger partial charge < -0.3 is 4.90 Å². The van der Waals surface area contributed by atoms with Crippen molar-refractivity contribution in [1.82, 2.24) is 29.6 Å². The number of piperazine rings is 1. The molecule has 1 saturated heterocycles. The first kappa shape index (κ1) is 20.4. The van der Waals surface area contributed by atoms with Crippen LogP contribution in [0.15, 0.2) is 42.9 Å². The number of anilines is 1. The number of rotatable bonds is 7. The van der Waals surface area contributed by atoms with E-state index in [4.69, 9.17) is 0 Å². The van der Waals surface area contributed by atoms with E-state index in [-0.39, 0.29) is 5.82 Å². The summed E-state index contributed by atoms with van der Waals surface area (Å²) in [4.78, 5) is 13.4. The van der Waals surface area contributed by atoms with Crippen LogP contribution in [0.2, 0.25) is 0 Å². The zero-order valence-electron chi connectivity index (χ0n) is 17.6. The molecule has 1 aromatic carbocycles. The zero-order chi connectivity index (χ0) is 20.9. The topological polar surface area (TPSA) is 63.0 Å². The molecule has 0 radical (unpaired) electrons. The molecule has 8 heteroatoms. The SMILES string of the molecule is CCN1CCN(c2nnc(-c3cnccn3)n2CCCc2cccc(F)c2)CC1C. The number of benzene rings is 1.